The molecule has 1 aromatic carbocycles. The third-order valence-electron chi connectivity index (χ3n) is 4.55. The maximum atomic E-state index is 13.3. The molecule has 4 nitrogen and oxygen atoms in total. The molecular formula is C17H14F6N2O2. The molecule has 1 aliphatic heterocycles. The van der Waals surface area contributed by atoms with Gasteiger partial charge in [0.15, 0.2) is 0 Å². The predicted molar refractivity (Wildman–Crippen MR) is 85.6 cm³/mol. The van der Waals surface area contributed by atoms with E-state index in [2.05, 4.69) is 4.98 Å². The van der Waals surface area contributed by atoms with Crippen molar-refractivity contribution in [1.29, 1.82) is 0 Å². The molecule has 3 rings (SSSR count). The molecule has 2 heterocycles. The van der Waals surface area contributed by atoms with Gasteiger partial charge >= 0.3 is 12.4 Å². The van der Waals surface area contributed by atoms with Crippen LogP contribution in [0.25, 0.3) is 10.9 Å². The van der Waals surface area contributed by atoms with Crippen molar-refractivity contribution >= 4 is 22.4 Å². The number of Topliss-reactive ketones (excluding diaryl/α,β-unsaturated/α-hetero) is 1. The smallest absolute Gasteiger partial charge is 0.361 e. The summed E-state index contributed by atoms with van der Waals surface area (Å²) in [6, 6.07) is 2.50. The number of carbonyl (C=O) groups is 1. The highest BCUT2D eigenvalue weighted by atomic mass is 19.4. The van der Waals surface area contributed by atoms with E-state index in [1.54, 1.807) is 0 Å². The van der Waals surface area contributed by atoms with Crippen LogP contribution in [-0.2, 0) is 11.0 Å². The molecule has 27 heavy (non-hydrogen) atoms. The Hall–Kier alpha value is -2.52. The second-order valence-electron chi connectivity index (χ2n) is 6.34. The molecule has 1 aliphatic rings. The van der Waals surface area contributed by atoms with Gasteiger partial charge in [0.25, 0.3) is 5.78 Å². The zero-order chi connectivity index (χ0) is 20.0. The van der Waals surface area contributed by atoms with Crippen LogP contribution >= 0.6 is 0 Å². The lowest BCUT2D eigenvalue weighted by Crippen LogP contribution is -2.49. The Bertz CT molecular complexity index is 932. The van der Waals surface area contributed by atoms with E-state index in [-0.39, 0.29) is 29.6 Å². The van der Waals surface area contributed by atoms with Crippen LogP contribution < -0.4 is 10.5 Å². The summed E-state index contributed by atoms with van der Waals surface area (Å²) in [5.74, 6) is -1.92. The summed E-state index contributed by atoms with van der Waals surface area (Å²) < 4.78 is 78.4. The van der Waals surface area contributed by atoms with Crippen molar-refractivity contribution in [3.8, 4) is 0 Å². The number of fused-ring (bicyclic) bond motifs is 1. The van der Waals surface area contributed by atoms with Crippen LogP contribution in [0.1, 0.15) is 24.8 Å². The van der Waals surface area contributed by atoms with Gasteiger partial charge in [0.05, 0.1) is 11.6 Å². The van der Waals surface area contributed by atoms with Crippen LogP contribution in [0, 0.1) is 0 Å². The van der Waals surface area contributed by atoms with Crippen molar-refractivity contribution in [3.05, 3.63) is 40.2 Å². The summed E-state index contributed by atoms with van der Waals surface area (Å²) in [5, 5.41) is -0.344. The van der Waals surface area contributed by atoms with E-state index in [4.69, 9.17) is 0 Å². The zero-order valence-corrected chi connectivity index (χ0v) is 13.7. The van der Waals surface area contributed by atoms with Gasteiger partial charge in [-0.2, -0.15) is 26.3 Å². The fourth-order valence-electron chi connectivity index (χ4n) is 3.36. The Morgan fingerprint density at radius 3 is 2.41 bits per heavy atom. The number of halogens is 6. The molecule has 1 saturated heterocycles. The second-order valence-corrected chi connectivity index (χ2v) is 6.34. The Kier molecular flexibility index (Phi) is 4.69. The van der Waals surface area contributed by atoms with Crippen molar-refractivity contribution in [2.24, 2.45) is 0 Å². The largest absolute Gasteiger partial charge is 0.452 e. The lowest BCUT2D eigenvalue weighted by molar-refractivity contribution is -0.173. The van der Waals surface area contributed by atoms with Gasteiger partial charge in [-0.15, -0.1) is 0 Å². The first kappa shape index (κ1) is 19.2. The number of pyridine rings is 1. The van der Waals surface area contributed by atoms with Gasteiger partial charge in [-0.05, 0) is 37.5 Å². The molecule has 0 saturated carbocycles. The van der Waals surface area contributed by atoms with Crippen LogP contribution in [0.15, 0.2) is 29.1 Å². The number of ketones is 1. The fraction of sp³-hybridized carbons (Fsp3) is 0.412. The first-order valence-electron chi connectivity index (χ1n) is 8.10. The Labute approximate surface area is 148 Å². The van der Waals surface area contributed by atoms with Crippen LogP contribution in [0.5, 0.6) is 0 Å². The monoisotopic (exact) mass is 392 g/mol. The summed E-state index contributed by atoms with van der Waals surface area (Å²) in [6.45, 7) is 0.114. The van der Waals surface area contributed by atoms with Crippen molar-refractivity contribution in [3.63, 3.8) is 0 Å². The fourth-order valence-corrected chi connectivity index (χ4v) is 3.36. The number of carbonyl (C=O) groups excluding carboxylic acids is 1. The van der Waals surface area contributed by atoms with E-state index in [9.17, 15) is 35.9 Å². The standard InChI is InChI=1S/C17H14F6N2O2/c18-16(19,20)11-8-14(26)24-12-5-4-9(7-10(11)12)25-6-2-1-3-13(25)15(27)17(21,22)23/h4-5,7-8,13H,1-3,6H2,(H,24,26)/t13-/m1/s1. The molecule has 0 aliphatic carbocycles. The third kappa shape index (κ3) is 3.79. The first-order chi connectivity index (χ1) is 12.5. The number of piperidine rings is 1. The second kappa shape index (κ2) is 6.58. The van der Waals surface area contributed by atoms with E-state index >= 15 is 0 Å². The summed E-state index contributed by atoms with van der Waals surface area (Å²) in [4.78, 5) is 26.7. The van der Waals surface area contributed by atoms with Crippen LogP contribution in [-0.4, -0.2) is 29.5 Å². The van der Waals surface area contributed by atoms with Crippen molar-refractivity contribution in [2.75, 3.05) is 11.4 Å². The number of nitrogens with zero attached hydrogens (tertiary/aromatic N) is 1. The molecule has 1 atom stereocenters. The molecule has 1 fully saturated rings. The summed E-state index contributed by atoms with van der Waals surface area (Å²) >= 11 is 0. The maximum Gasteiger partial charge on any atom is 0.452 e. The normalized spacial score (nSPS) is 18.7. The highest BCUT2D eigenvalue weighted by Crippen LogP contribution is 2.36. The number of benzene rings is 1. The van der Waals surface area contributed by atoms with Crippen LogP contribution in [0.2, 0.25) is 0 Å². The third-order valence-corrected chi connectivity index (χ3v) is 4.55. The zero-order valence-electron chi connectivity index (χ0n) is 13.7. The van der Waals surface area contributed by atoms with Gasteiger partial charge in [0, 0.05) is 29.2 Å². The highest BCUT2D eigenvalue weighted by Gasteiger charge is 2.46. The Morgan fingerprint density at radius 1 is 1.07 bits per heavy atom. The lowest BCUT2D eigenvalue weighted by Gasteiger charge is -2.37. The quantitative estimate of drug-likeness (QED) is 0.785. The number of H-pyrrole nitrogens is 1. The van der Waals surface area contributed by atoms with Gasteiger partial charge in [0.1, 0.15) is 0 Å². The molecule has 0 amide bonds. The number of nitrogens with one attached hydrogen (secondary N) is 1. The molecule has 0 spiro atoms. The van der Waals surface area contributed by atoms with E-state index < -0.39 is 35.3 Å². The lowest BCUT2D eigenvalue weighted by atomic mass is 9.96. The van der Waals surface area contributed by atoms with Gasteiger partial charge in [-0.25, -0.2) is 0 Å². The minimum atomic E-state index is -5.03. The number of alkyl halides is 6. The van der Waals surface area contributed by atoms with Crippen molar-refractivity contribution in [1.82, 2.24) is 4.98 Å². The summed E-state index contributed by atoms with van der Waals surface area (Å²) in [5.41, 5.74) is -2.14. The number of anilines is 1. The molecule has 0 radical (unpaired) electrons. The maximum absolute atomic E-state index is 13.3. The Morgan fingerprint density at radius 2 is 1.78 bits per heavy atom. The molecule has 1 N–H and O–H groups in total. The van der Waals surface area contributed by atoms with Crippen LogP contribution in [0.4, 0.5) is 32.0 Å². The van der Waals surface area contributed by atoms with Crippen molar-refractivity contribution in [2.45, 2.75) is 37.7 Å². The van der Waals surface area contributed by atoms with Crippen molar-refractivity contribution < 1.29 is 31.1 Å². The summed E-state index contributed by atoms with van der Waals surface area (Å²) in [7, 11) is 0. The van der Waals surface area contributed by atoms with E-state index in [0.29, 0.717) is 18.9 Å². The minimum absolute atomic E-state index is 0.0336. The molecule has 0 bridgehead atoms. The molecule has 2 aromatic rings. The molecule has 1 aromatic heterocycles. The van der Waals surface area contributed by atoms with Gasteiger partial charge < -0.3 is 9.88 Å². The summed E-state index contributed by atoms with van der Waals surface area (Å²) in [6.07, 6.45) is -8.95. The molecular weight excluding hydrogens is 378 g/mol. The van der Waals surface area contributed by atoms with Gasteiger partial charge in [0.2, 0.25) is 5.56 Å². The molecule has 0 unspecified atom stereocenters. The van der Waals surface area contributed by atoms with E-state index in [1.807, 2.05) is 0 Å². The number of hydrogen-bond acceptors (Lipinski definition) is 3. The van der Waals surface area contributed by atoms with Gasteiger partial charge in [-0.1, -0.05) is 0 Å². The number of rotatable bonds is 2. The van der Waals surface area contributed by atoms with E-state index in [0.717, 1.165) is 6.07 Å². The number of aromatic amines is 1. The molecule has 10 heteroatoms. The first-order valence-corrected chi connectivity index (χ1v) is 8.10. The highest BCUT2D eigenvalue weighted by molar-refractivity contribution is 5.93. The Balaban J connectivity index is 2.12. The average Bonchev–Trinajstić information content (AvgIpc) is 2.58. The minimum Gasteiger partial charge on any atom is -0.361 e. The predicted octanol–water partition coefficient (Wildman–Crippen LogP) is 4.04. The van der Waals surface area contributed by atoms with Crippen LogP contribution in [0.3, 0.4) is 0 Å². The average molecular weight is 392 g/mol. The van der Waals surface area contributed by atoms with E-state index in [1.165, 1.54) is 17.0 Å². The molecule has 146 valence electrons. The number of aromatic nitrogens is 1. The number of hydrogen-bond donors (Lipinski definition) is 1. The van der Waals surface area contributed by atoms with Gasteiger partial charge in [-0.3, -0.25) is 9.59 Å². The SMILES string of the molecule is O=C([C@H]1CCCCN1c1ccc2[nH]c(=O)cc(C(F)(F)F)c2c1)C(F)(F)F. The topological polar surface area (TPSA) is 53.2 Å².